The van der Waals surface area contributed by atoms with E-state index in [1.807, 2.05) is 12.1 Å². The second kappa shape index (κ2) is 11.3. The minimum absolute atomic E-state index is 0.0476. The highest BCUT2D eigenvalue weighted by molar-refractivity contribution is 5.94. The van der Waals surface area contributed by atoms with Crippen LogP contribution in [0.1, 0.15) is 111 Å². The van der Waals surface area contributed by atoms with Crippen molar-refractivity contribution in [2.75, 3.05) is 13.7 Å². The zero-order chi connectivity index (χ0) is 32.6. The lowest BCUT2D eigenvalue weighted by atomic mass is 9.32. The largest absolute Gasteiger partial charge is 0.504 e. The quantitative estimate of drug-likeness (QED) is 0.220. The Morgan fingerprint density at radius 1 is 1.00 bits per heavy atom. The topological polar surface area (TPSA) is 87.0 Å². The van der Waals surface area contributed by atoms with Crippen molar-refractivity contribution in [3.63, 3.8) is 0 Å². The fraction of sp³-hybridized carbons (Fsp3) is 0.725. The van der Waals surface area contributed by atoms with E-state index in [1.54, 1.807) is 18.2 Å². The molecule has 4 fully saturated rings. The van der Waals surface area contributed by atoms with Crippen LogP contribution in [0.2, 0.25) is 0 Å². The van der Waals surface area contributed by atoms with Crippen LogP contribution >= 0.6 is 0 Å². The van der Waals surface area contributed by atoms with Gasteiger partial charge in [-0.2, -0.15) is 0 Å². The van der Waals surface area contributed by atoms with Crippen LogP contribution in [-0.4, -0.2) is 40.9 Å². The number of rotatable bonds is 6. The summed E-state index contributed by atoms with van der Waals surface area (Å²) in [6, 6.07) is 5.19. The smallest absolute Gasteiger partial charge is 0.161 e. The zero-order valence-corrected chi connectivity index (χ0v) is 28.9. The van der Waals surface area contributed by atoms with Gasteiger partial charge in [-0.05, 0) is 127 Å². The van der Waals surface area contributed by atoms with Gasteiger partial charge in [0.2, 0.25) is 0 Å². The Labute approximate surface area is 271 Å². The van der Waals surface area contributed by atoms with Gasteiger partial charge in [0.25, 0.3) is 0 Å². The van der Waals surface area contributed by atoms with Gasteiger partial charge in [-0.15, -0.1) is 0 Å². The summed E-state index contributed by atoms with van der Waals surface area (Å²) < 4.78 is 5.31. The van der Waals surface area contributed by atoms with E-state index in [2.05, 4.69) is 47.6 Å². The van der Waals surface area contributed by atoms with E-state index in [0.717, 1.165) is 63.4 Å². The van der Waals surface area contributed by atoms with Gasteiger partial charge in [-0.1, -0.05) is 65.3 Å². The van der Waals surface area contributed by atoms with Crippen LogP contribution in [-0.2, 0) is 4.79 Å². The highest BCUT2D eigenvalue weighted by Gasteiger charge is 2.69. The monoisotopic (exact) mass is 618 g/mol. The number of aliphatic hydroxyl groups excluding tert-OH is 2. The summed E-state index contributed by atoms with van der Waals surface area (Å²) in [4.78, 5) is 14.3. The highest BCUT2D eigenvalue weighted by Crippen LogP contribution is 2.76. The average molecular weight is 619 g/mol. The number of fused-ring (bicyclic) bond motifs is 7. The number of aromatic hydroxyl groups is 1. The molecule has 1 aromatic rings. The molecule has 3 N–H and O–H groups in total. The molecule has 0 amide bonds. The second-order valence-corrected chi connectivity index (χ2v) is 17.2. The van der Waals surface area contributed by atoms with E-state index in [9.17, 15) is 20.1 Å². The molecule has 0 saturated heterocycles. The van der Waals surface area contributed by atoms with Crippen LogP contribution in [0.15, 0.2) is 35.9 Å². The number of hydrogen-bond donors (Lipinski definition) is 3. The van der Waals surface area contributed by atoms with Gasteiger partial charge < -0.3 is 20.1 Å². The number of methoxy groups -OCH3 is 1. The Morgan fingerprint density at radius 2 is 1.76 bits per heavy atom. The van der Waals surface area contributed by atoms with Gasteiger partial charge in [0.1, 0.15) is 0 Å². The molecule has 0 aromatic heterocycles. The molecule has 5 nitrogen and oxygen atoms in total. The van der Waals surface area contributed by atoms with Crippen molar-refractivity contribution in [2.24, 2.45) is 56.7 Å². The summed E-state index contributed by atoms with van der Waals surface area (Å²) in [6.45, 7) is 14.7. The standard InChI is InChI=1S/C40H58O5/c1-25-14-19-39(24-41)20-21-40(23-28(42)10-8-27-9-12-30(43)31(22-27)45-7)29(35(39)26(25)2)11-13-33-37(5)17-16-34(44)36(3,4)32(37)15-18-38(33,40)6/h8-12,22,25-26,32-35,41,43-44H,13-21,23-24H2,1-7H3/b10-8+/t25-,26+,32+,33-,34+,35+,37+,38-,39-,40+/m1/s1. The fourth-order valence-corrected chi connectivity index (χ4v) is 12.4. The Balaban J connectivity index is 1.44. The summed E-state index contributed by atoms with van der Waals surface area (Å²) >= 11 is 0. The van der Waals surface area contributed by atoms with Crippen LogP contribution in [0.3, 0.4) is 0 Å². The lowest BCUT2D eigenvalue weighted by Crippen LogP contribution is -2.66. The SMILES string of the molecule is COc1cc(/C=C/C(=O)C[C@@]23CC[C@@]4(CO)CC[C@@H](C)[C@H](C)[C@H]4C2=CC[C@@H]2[C@@]4(C)CC[C@H](O)C(C)(C)[C@@H]4CC[C@]23C)ccc1O. The third-order valence-corrected chi connectivity index (χ3v) is 15.3. The minimum Gasteiger partial charge on any atom is -0.504 e. The van der Waals surface area contributed by atoms with Crippen LogP contribution < -0.4 is 4.74 Å². The van der Waals surface area contributed by atoms with Gasteiger partial charge in [0.15, 0.2) is 17.3 Å². The van der Waals surface area contributed by atoms with Crippen molar-refractivity contribution >= 4 is 11.9 Å². The molecule has 10 atom stereocenters. The number of phenolic OH excluding ortho intramolecular Hbond substituents is 1. The first-order valence-electron chi connectivity index (χ1n) is 17.8. The molecular formula is C40H58O5. The summed E-state index contributed by atoms with van der Waals surface area (Å²) in [7, 11) is 1.53. The molecule has 5 aliphatic rings. The number of allylic oxidation sites excluding steroid dienone is 3. The molecule has 0 heterocycles. The first-order chi connectivity index (χ1) is 21.2. The van der Waals surface area contributed by atoms with Gasteiger partial charge in [-0.3, -0.25) is 4.79 Å². The molecule has 5 heteroatoms. The zero-order valence-electron chi connectivity index (χ0n) is 28.9. The average Bonchev–Trinajstić information content (AvgIpc) is 3.00. The number of benzene rings is 1. The molecule has 5 aliphatic carbocycles. The van der Waals surface area contributed by atoms with Crippen molar-refractivity contribution < 1.29 is 24.9 Å². The van der Waals surface area contributed by atoms with Crippen LogP contribution in [0, 0.1) is 56.7 Å². The Hall–Kier alpha value is -2.11. The van der Waals surface area contributed by atoms with Crippen molar-refractivity contribution in [2.45, 2.75) is 112 Å². The van der Waals surface area contributed by atoms with Gasteiger partial charge >= 0.3 is 0 Å². The third kappa shape index (κ3) is 4.72. The maximum Gasteiger partial charge on any atom is 0.161 e. The molecule has 0 spiro atoms. The van der Waals surface area contributed by atoms with E-state index in [1.165, 1.54) is 12.7 Å². The van der Waals surface area contributed by atoms with Crippen LogP contribution in [0.25, 0.3) is 6.08 Å². The van der Waals surface area contributed by atoms with E-state index >= 15 is 0 Å². The summed E-state index contributed by atoms with van der Waals surface area (Å²) in [5.41, 5.74) is 1.90. The third-order valence-electron chi connectivity index (χ3n) is 15.3. The number of ketones is 1. The maximum atomic E-state index is 14.3. The first kappa shape index (κ1) is 32.8. The van der Waals surface area contributed by atoms with E-state index in [4.69, 9.17) is 4.74 Å². The lowest BCUT2D eigenvalue weighted by Gasteiger charge is -2.72. The molecule has 4 saturated carbocycles. The van der Waals surface area contributed by atoms with Crippen LogP contribution in [0.5, 0.6) is 11.5 Å². The molecule has 0 unspecified atom stereocenters. The van der Waals surface area contributed by atoms with Gasteiger partial charge in [0, 0.05) is 23.9 Å². The van der Waals surface area contributed by atoms with Gasteiger partial charge in [0.05, 0.1) is 13.2 Å². The van der Waals surface area contributed by atoms with E-state index in [0.29, 0.717) is 41.8 Å². The molecule has 0 radical (unpaired) electrons. The second-order valence-electron chi connectivity index (χ2n) is 17.2. The summed E-state index contributed by atoms with van der Waals surface area (Å²) in [6.07, 6.45) is 15.6. The molecular weight excluding hydrogens is 560 g/mol. The normalized spacial score (nSPS) is 43.8. The fourth-order valence-electron chi connectivity index (χ4n) is 12.4. The Morgan fingerprint density at radius 3 is 2.47 bits per heavy atom. The Bertz CT molecular complexity index is 1380. The molecule has 6 rings (SSSR count). The van der Waals surface area contributed by atoms with Crippen LogP contribution in [0.4, 0.5) is 0 Å². The maximum absolute atomic E-state index is 14.3. The van der Waals surface area contributed by atoms with E-state index < -0.39 is 0 Å². The molecule has 248 valence electrons. The predicted octanol–water partition coefficient (Wildman–Crippen LogP) is 8.36. The number of ether oxygens (including phenoxy) is 1. The molecule has 0 aliphatic heterocycles. The van der Waals surface area contributed by atoms with Crippen molar-refractivity contribution in [3.05, 3.63) is 41.5 Å². The van der Waals surface area contributed by atoms with Crippen molar-refractivity contribution in [3.8, 4) is 11.5 Å². The summed E-state index contributed by atoms with van der Waals surface area (Å²) in [5, 5.41) is 32.2. The first-order valence-corrected chi connectivity index (χ1v) is 17.8. The number of aliphatic hydroxyl groups is 2. The summed E-state index contributed by atoms with van der Waals surface area (Å²) in [5.74, 6) is 2.87. The lowest BCUT2D eigenvalue weighted by molar-refractivity contribution is -0.210. The number of hydrogen-bond acceptors (Lipinski definition) is 5. The molecule has 1 aromatic carbocycles. The van der Waals surface area contributed by atoms with Crippen molar-refractivity contribution in [1.29, 1.82) is 0 Å². The van der Waals surface area contributed by atoms with E-state index in [-0.39, 0.29) is 51.3 Å². The predicted molar refractivity (Wildman–Crippen MR) is 180 cm³/mol. The minimum atomic E-state index is -0.266. The number of carbonyl (C=O) groups is 1. The highest BCUT2D eigenvalue weighted by atomic mass is 16.5. The molecule has 0 bridgehead atoms. The number of carbonyl (C=O) groups excluding carboxylic acids is 1. The number of phenols is 1. The van der Waals surface area contributed by atoms with Gasteiger partial charge in [-0.25, -0.2) is 0 Å². The van der Waals surface area contributed by atoms with Crippen molar-refractivity contribution in [1.82, 2.24) is 0 Å². The molecule has 45 heavy (non-hydrogen) atoms. The Kier molecular flexibility index (Phi) is 8.21.